The molecule has 74 heavy (non-hydrogen) atoms. The number of likely N-dealkylation sites (tertiary alicyclic amines) is 2. The Morgan fingerprint density at radius 3 is 2.23 bits per heavy atom. The van der Waals surface area contributed by atoms with Gasteiger partial charge in [-0.1, -0.05) is 19.9 Å². The second-order valence-corrected chi connectivity index (χ2v) is 22.7. The lowest BCUT2D eigenvalue weighted by Gasteiger charge is -2.38. The van der Waals surface area contributed by atoms with Crippen LogP contribution in [0.4, 0.5) is 14.0 Å². The van der Waals surface area contributed by atoms with E-state index >= 15 is 4.39 Å². The molecule has 19 heteroatoms. The first-order valence-electron chi connectivity index (χ1n) is 26.1. The summed E-state index contributed by atoms with van der Waals surface area (Å²) in [4.78, 5) is 76.0. The number of halogens is 1. The van der Waals surface area contributed by atoms with Crippen LogP contribution < -0.4 is 15.4 Å². The van der Waals surface area contributed by atoms with E-state index in [0.29, 0.717) is 77.6 Å². The fourth-order valence-corrected chi connectivity index (χ4v) is 13.5. The molecular formula is C55H62FN9O8S. The number of piperidine rings is 1. The summed E-state index contributed by atoms with van der Waals surface area (Å²) in [6.45, 7) is 8.31. The highest BCUT2D eigenvalue weighted by molar-refractivity contribution is 7.12. The monoisotopic (exact) mass is 1030 g/mol. The number of alkyl carbamates (subject to hydrolysis) is 2. The average molecular weight is 1030 g/mol. The van der Waals surface area contributed by atoms with Crippen molar-refractivity contribution in [2.24, 2.45) is 17.8 Å². The van der Waals surface area contributed by atoms with E-state index in [1.807, 2.05) is 61.8 Å². The third-order valence-corrected chi connectivity index (χ3v) is 17.4. The molecule has 6 aliphatic rings. The van der Waals surface area contributed by atoms with Crippen LogP contribution in [0.1, 0.15) is 125 Å². The Balaban J connectivity index is 0.846. The third kappa shape index (κ3) is 8.68. The molecule has 3 saturated heterocycles. The van der Waals surface area contributed by atoms with Gasteiger partial charge in [0.1, 0.15) is 35.3 Å². The van der Waals surface area contributed by atoms with Gasteiger partial charge in [0.2, 0.25) is 18.0 Å². The Hall–Kier alpha value is -6.73. The number of methoxy groups -OCH3 is 2. The number of fused-ring (bicyclic) bond motifs is 6. The van der Waals surface area contributed by atoms with Crippen LogP contribution in [0.3, 0.4) is 0 Å². The molecular weight excluding hydrogens is 966 g/mol. The summed E-state index contributed by atoms with van der Waals surface area (Å²) < 4.78 is 41.9. The molecule has 3 unspecified atom stereocenters. The van der Waals surface area contributed by atoms with Crippen molar-refractivity contribution in [1.82, 2.24) is 44.9 Å². The molecule has 4 aliphatic heterocycles. The maximum atomic E-state index is 17.1. The number of amides is 4. The average Bonchev–Trinajstić information content (AvgIpc) is 3.85. The zero-order chi connectivity index (χ0) is 51.3. The van der Waals surface area contributed by atoms with Crippen molar-refractivity contribution in [3.63, 3.8) is 0 Å². The zero-order valence-electron chi connectivity index (χ0n) is 42.4. The van der Waals surface area contributed by atoms with Gasteiger partial charge < -0.3 is 49.3 Å². The Morgan fingerprint density at radius 2 is 1.51 bits per heavy atom. The molecule has 8 heterocycles. The van der Waals surface area contributed by atoms with Crippen LogP contribution >= 0.6 is 11.3 Å². The van der Waals surface area contributed by atoms with E-state index in [1.165, 1.54) is 38.0 Å². The summed E-state index contributed by atoms with van der Waals surface area (Å²) >= 11 is 1.74. The molecule has 5 fully saturated rings. The molecule has 2 aromatic carbocycles. The number of rotatable bonds is 12. The molecule has 0 bridgehead atoms. The van der Waals surface area contributed by atoms with Gasteiger partial charge in [0.15, 0.2) is 0 Å². The van der Waals surface area contributed by atoms with Gasteiger partial charge in [0.05, 0.1) is 83.9 Å². The van der Waals surface area contributed by atoms with Gasteiger partial charge in [0, 0.05) is 34.0 Å². The second-order valence-electron chi connectivity index (χ2n) is 21.6. The molecule has 2 saturated carbocycles. The van der Waals surface area contributed by atoms with E-state index in [1.54, 1.807) is 23.7 Å². The Bertz CT molecular complexity index is 3170. The van der Waals surface area contributed by atoms with Crippen molar-refractivity contribution in [2.45, 2.75) is 134 Å². The number of carbonyl (C=O) groups is 4. The standard InChI is InChI=1S/C55H62FN9O8S/c1-26(2)47(61-54(68)70-5)52(67)64-40-20-33(40)22-42(64)50-58-25-37(60-50)31-19-35(56)46-41-21-32-18-30(11-12-38(32)65(41)53(73-43(46)23-31)45-14-13-44(74-45)29-9-10-29)36-24-57-49(59-36)39-8-7-15-63(39)51(66)48(62-55(69)71-6)34-16-27(3)72-28(4)17-34/h11-14,18-19,21,23-29,33-34,39-40,42,47-48,53H,7-10,15-17,20,22H2,1-6H3,(H,57,59)(H,58,60)(H,61,68)(H,62,69)/t27-,28+,33-,34?,39+,40-,42+,47+,48?,53?/m1/s1. The molecule has 388 valence electrons. The van der Waals surface area contributed by atoms with Crippen LogP contribution in [0.5, 0.6) is 5.75 Å². The maximum Gasteiger partial charge on any atom is 0.407 e. The lowest BCUT2D eigenvalue weighted by atomic mass is 9.85. The molecule has 0 radical (unpaired) electrons. The molecule has 6 aromatic rings. The van der Waals surface area contributed by atoms with Crippen LogP contribution in [0.25, 0.3) is 44.7 Å². The maximum absolute atomic E-state index is 17.1. The van der Waals surface area contributed by atoms with Gasteiger partial charge in [-0.15, -0.1) is 11.3 Å². The first-order valence-corrected chi connectivity index (χ1v) is 26.9. The summed E-state index contributed by atoms with van der Waals surface area (Å²) in [7, 11) is 2.59. The van der Waals surface area contributed by atoms with Crippen molar-refractivity contribution in [1.29, 1.82) is 0 Å². The minimum absolute atomic E-state index is 0.0490. The van der Waals surface area contributed by atoms with Gasteiger partial charge >= 0.3 is 12.2 Å². The van der Waals surface area contributed by atoms with Crippen LogP contribution in [0.2, 0.25) is 0 Å². The number of H-pyrrole nitrogens is 2. The summed E-state index contributed by atoms with van der Waals surface area (Å²) in [5, 5.41) is 6.49. The highest BCUT2D eigenvalue weighted by Crippen LogP contribution is 2.54. The van der Waals surface area contributed by atoms with Crippen LogP contribution in [0, 0.1) is 23.6 Å². The fraction of sp³-hybridized carbons (Fsp3) is 0.491. The summed E-state index contributed by atoms with van der Waals surface area (Å²) in [6.07, 6.45) is 8.27. The van der Waals surface area contributed by atoms with E-state index in [9.17, 15) is 19.2 Å². The fourth-order valence-electron chi connectivity index (χ4n) is 12.3. The number of hydrogen-bond acceptors (Lipinski definition) is 11. The topological polar surface area (TPSA) is 198 Å². The van der Waals surface area contributed by atoms with Crippen LogP contribution in [0.15, 0.2) is 60.9 Å². The number of imidazole rings is 2. The predicted octanol–water partition coefficient (Wildman–Crippen LogP) is 9.74. The van der Waals surface area contributed by atoms with Crippen LogP contribution in [-0.2, 0) is 23.8 Å². The Kier molecular flexibility index (Phi) is 12.3. The number of benzene rings is 2. The van der Waals surface area contributed by atoms with E-state index in [2.05, 4.69) is 43.4 Å². The lowest BCUT2D eigenvalue weighted by molar-refractivity contribution is -0.138. The Labute approximate surface area is 431 Å². The summed E-state index contributed by atoms with van der Waals surface area (Å²) in [5.41, 5.74) is 4.72. The number of aromatic amines is 2. The second kappa shape index (κ2) is 18.9. The number of thiophene rings is 1. The Morgan fingerprint density at radius 1 is 0.811 bits per heavy atom. The molecule has 0 spiro atoms. The number of ether oxygens (including phenoxy) is 4. The van der Waals surface area contributed by atoms with E-state index in [-0.39, 0.29) is 54.0 Å². The molecule has 17 nitrogen and oxygen atoms in total. The quantitative estimate of drug-likeness (QED) is 0.0916. The van der Waals surface area contributed by atoms with Crippen molar-refractivity contribution >= 4 is 46.2 Å². The third-order valence-electron chi connectivity index (χ3n) is 16.2. The van der Waals surface area contributed by atoms with E-state index in [0.717, 1.165) is 46.3 Å². The zero-order valence-corrected chi connectivity index (χ0v) is 43.2. The molecule has 12 rings (SSSR count). The van der Waals surface area contributed by atoms with Crippen molar-refractivity contribution in [3.8, 4) is 39.5 Å². The highest BCUT2D eigenvalue weighted by atomic mass is 32.1. The minimum atomic E-state index is -0.767. The highest BCUT2D eigenvalue weighted by Gasteiger charge is 2.56. The van der Waals surface area contributed by atoms with Gasteiger partial charge in [-0.3, -0.25) is 14.2 Å². The SMILES string of the molecule is COC(=O)NC(C(=O)N1CCC[C@H]1c1ncc(-c2ccc3c(c2)cc2n3C(c3ccc(C4CC4)s3)Oc3cc(-c4cnc([C@@H]5C[C@H]6C[C@H]6N5C(=O)[C@@H](NC(=O)OC)C(C)C)[nH]4)cc(F)c3-2)[nH]1)C1C[C@@H](C)O[C@@H](C)C1. The van der Waals surface area contributed by atoms with E-state index in [4.69, 9.17) is 28.9 Å². The molecule has 10 atom stereocenters. The number of aromatic nitrogens is 5. The summed E-state index contributed by atoms with van der Waals surface area (Å²) in [6, 6.07) is 13.8. The van der Waals surface area contributed by atoms with Gasteiger partial charge in [-0.05, 0) is 131 Å². The van der Waals surface area contributed by atoms with Gasteiger partial charge in [-0.25, -0.2) is 23.9 Å². The number of hydrogen-bond donors (Lipinski definition) is 4. The van der Waals surface area contributed by atoms with E-state index < -0.39 is 36.3 Å². The lowest BCUT2D eigenvalue weighted by Crippen LogP contribution is -2.54. The normalized spacial score (nSPS) is 25.7. The molecule has 4 aromatic heterocycles. The smallest absolute Gasteiger partial charge is 0.407 e. The van der Waals surface area contributed by atoms with Gasteiger partial charge in [-0.2, -0.15) is 0 Å². The van der Waals surface area contributed by atoms with Crippen LogP contribution in [-0.4, -0.2) is 109 Å². The first-order chi connectivity index (χ1) is 35.7. The molecule has 4 N–H and O–H groups in total. The number of carbonyl (C=O) groups excluding carboxylic acids is 4. The van der Waals surface area contributed by atoms with Gasteiger partial charge in [0.25, 0.3) is 0 Å². The van der Waals surface area contributed by atoms with Crippen molar-refractivity contribution in [3.05, 3.63) is 88.1 Å². The molecule has 2 aliphatic carbocycles. The number of nitrogens with zero attached hydrogens (tertiary/aromatic N) is 5. The summed E-state index contributed by atoms with van der Waals surface area (Å²) in [5.74, 6) is 1.51. The van der Waals surface area contributed by atoms with Crippen molar-refractivity contribution in [2.75, 3.05) is 20.8 Å². The van der Waals surface area contributed by atoms with Crippen molar-refractivity contribution < 1.29 is 42.5 Å². The first kappa shape index (κ1) is 48.2. The predicted molar refractivity (Wildman–Crippen MR) is 274 cm³/mol. The largest absolute Gasteiger partial charge is 0.464 e. The molecule has 4 amide bonds. The minimum Gasteiger partial charge on any atom is -0.464 e. The number of nitrogens with one attached hydrogen (secondary N) is 4.